The van der Waals surface area contributed by atoms with Crippen LogP contribution in [0.5, 0.6) is 0 Å². The summed E-state index contributed by atoms with van der Waals surface area (Å²) in [6.45, 7) is -0.391. The summed E-state index contributed by atoms with van der Waals surface area (Å²) < 4.78 is 27.8. The lowest BCUT2D eigenvalue weighted by Gasteiger charge is -2.26. The molecule has 2 unspecified atom stereocenters. The summed E-state index contributed by atoms with van der Waals surface area (Å²) in [5, 5.41) is 21.8. The van der Waals surface area contributed by atoms with Gasteiger partial charge in [-0.3, -0.25) is 9.48 Å². The molecule has 1 aromatic heterocycles. The molecule has 0 saturated heterocycles. The lowest BCUT2D eigenvalue weighted by Crippen LogP contribution is -2.39. The van der Waals surface area contributed by atoms with Crippen molar-refractivity contribution in [1.29, 1.82) is 0 Å². The van der Waals surface area contributed by atoms with Crippen LogP contribution in [0.25, 0.3) is 0 Å². The highest BCUT2D eigenvalue weighted by Crippen LogP contribution is 2.20. The molecule has 1 saturated carbocycles. The number of carboxylic acid groups (broad SMARTS) is 1. The van der Waals surface area contributed by atoms with E-state index in [1.54, 1.807) is 0 Å². The highest BCUT2D eigenvalue weighted by molar-refractivity contribution is 7.89. The molecule has 20 heavy (non-hydrogen) atoms. The standard InChI is InChI=1S/C11H17N3O5S/c15-9-3-1-2-8(4-9)13-20(18,19)10-5-12-14(6-10)7-11(16)17/h5-6,8-9,13,15H,1-4,7H2,(H,16,17). The fraction of sp³-hybridized carbons (Fsp3) is 0.636. The molecule has 1 fully saturated rings. The van der Waals surface area contributed by atoms with E-state index in [9.17, 15) is 18.3 Å². The van der Waals surface area contributed by atoms with Crippen molar-refractivity contribution in [2.24, 2.45) is 0 Å². The van der Waals surface area contributed by atoms with Crippen LogP contribution < -0.4 is 4.72 Å². The molecule has 0 aromatic carbocycles. The SMILES string of the molecule is O=C(O)Cn1cc(S(=O)(=O)NC2CCCC(O)C2)cn1. The van der Waals surface area contributed by atoms with Crippen LogP contribution in [0.4, 0.5) is 0 Å². The van der Waals surface area contributed by atoms with Gasteiger partial charge >= 0.3 is 5.97 Å². The molecule has 1 aliphatic rings. The zero-order valence-electron chi connectivity index (χ0n) is 10.8. The average molecular weight is 303 g/mol. The minimum atomic E-state index is -3.74. The predicted octanol–water partition coefficient (Wildman–Crippen LogP) is -0.450. The van der Waals surface area contributed by atoms with Gasteiger partial charge in [-0.1, -0.05) is 0 Å². The Morgan fingerprint density at radius 2 is 2.25 bits per heavy atom. The first-order chi connectivity index (χ1) is 9.37. The van der Waals surface area contributed by atoms with Gasteiger partial charge in [0.25, 0.3) is 0 Å². The third kappa shape index (κ3) is 3.78. The van der Waals surface area contributed by atoms with Crippen LogP contribution >= 0.6 is 0 Å². The summed E-state index contributed by atoms with van der Waals surface area (Å²) >= 11 is 0. The number of aliphatic carboxylic acids is 1. The summed E-state index contributed by atoms with van der Waals surface area (Å²) in [7, 11) is -3.74. The Hall–Kier alpha value is -1.45. The van der Waals surface area contributed by atoms with Gasteiger partial charge in [0.15, 0.2) is 0 Å². The molecule has 8 nitrogen and oxygen atoms in total. The van der Waals surface area contributed by atoms with Gasteiger partial charge in [0.1, 0.15) is 11.4 Å². The molecule has 0 bridgehead atoms. The van der Waals surface area contributed by atoms with Crippen molar-refractivity contribution in [2.75, 3.05) is 0 Å². The van der Waals surface area contributed by atoms with Gasteiger partial charge in [-0.25, -0.2) is 13.1 Å². The number of rotatable bonds is 5. The minimum absolute atomic E-state index is 0.0705. The maximum Gasteiger partial charge on any atom is 0.325 e. The van der Waals surface area contributed by atoms with Crippen molar-refractivity contribution in [1.82, 2.24) is 14.5 Å². The van der Waals surface area contributed by atoms with E-state index >= 15 is 0 Å². The molecule has 3 N–H and O–H groups in total. The van der Waals surface area contributed by atoms with Crippen molar-refractivity contribution in [3.63, 3.8) is 0 Å². The Balaban J connectivity index is 2.06. The van der Waals surface area contributed by atoms with E-state index in [4.69, 9.17) is 5.11 Å². The molecule has 0 spiro atoms. The van der Waals surface area contributed by atoms with Crippen molar-refractivity contribution in [3.05, 3.63) is 12.4 Å². The van der Waals surface area contributed by atoms with Gasteiger partial charge in [0.05, 0.1) is 12.3 Å². The second kappa shape index (κ2) is 5.90. The summed E-state index contributed by atoms with van der Waals surface area (Å²) in [4.78, 5) is 10.5. The number of sulfonamides is 1. The molecule has 112 valence electrons. The maximum atomic E-state index is 12.1. The number of hydrogen-bond donors (Lipinski definition) is 3. The third-order valence-corrected chi connectivity index (χ3v) is 4.66. The first kappa shape index (κ1) is 14.9. The van der Waals surface area contributed by atoms with Gasteiger partial charge in [-0.05, 0) is 25.7 Å². The zero-order chi connectivity index (χ0) is 14.8. The largest absolute Gasteiger partial charge is 0.480 e. The summed E-state index contributed by atoms with van der Waals surface area (Å²) in [6, 6.07) is -0.299. The molecular formula is C11H17N3O5S. The molecule has 2 atom stereocenters. The van der Waals surface area contributed by atoms with Crippen molar-refractivity contribution >= 4 is 16.0 Å². The van der Waals surface area contributed by atoms with E-state index in [-0.39, 0.29) is 10.9 Å². The Morgan fingerprint density at radius 3 is 2.90 bits per heavy atom. The highest BCUT2D eigenvalue weighted by Gasteiger charge is 2.26. The van der Waals surface area contributed by atoms with E-state index in [2.05, 4.69) is 9.82 Å². The lowest BCUT2D eigenvalue weighted by atomic mass is 9.94. The van der Waals surface area contributed by atoms with Gasteiger partial charge in [0, 0.05) is 12.2 Å². The van der Waals surface area contributed by atoms with Crippen molar-refractivity contribution in [2.45, 2.75) is 49.3 Å². The molecule has 1 aliphatic carbocycles. The minimum Gasteiger partial charge on any atom is -0.480 e. The topological polar surface area (TPSA) is 122 Å². The molecule has 0 aliphatic heterocycles. The van der Waals surface area contributed by atoms with Crippen molar-refractivity contribution < 1.29 is 23.4 Å². The number of aliphatic hydroxyl groups excluding tert-OH is 1. The smallest absolute Gasteiger partial charge is 0.325 e. The monoisotopic (exact) mass is 303 g/mol. The number of nitrogens with one attached hydrogen (secondary N) is 1. The van der Waals surface area contributed by atoms with E-state index in [0.717, 1.165) is 17.3 Å². The molecule has 2 rings (SSSR count). The van der Waals surface area contributed by atoms with E-state index in [1.807, 2.05) is 0 Å². The lowest BCUT2D eigenvalue weighted by molar-refractivity contribution is -0.137. The fourth-order valence-corrected chi connectivity index (χ4v) is 3.50. The quantitative estimate of drug-likeness (QED) is 0.677. The van der Waals surface area contributed by atoms with Crippen LogP contribution in [0, 0.1) is 0 Å². The number of hydrogen-bond acceptors (Lipinski definition) is 5. The second-order valence-electron chi connectivity index (χ2n) is 4.91. The molecular weight excluding hydrogens is 286 g/mol. The molecule has 0 amide bonds. The Bertz CT molecular complexity index is 583. The van der Waals surface area contributed by atoms with E-state index in [0.29, 0.717) is 19.3 Å². The fourth-order valence-electron chi connectivity index (χ4n) is 2.27. The van der Waals surface area contributed by atoms with Gasteiger partial charge in [-0.15, -0.1) is 0 Å². The number of aliphatic hydroxyl groups is 1. The summed E-state index contributed by atoms with van der Waals surface area (Å²) in [5.41, 5.74) is 0. The van der Waals surface area contributed by atoms with Crippen molar-refractivity contribution in [3.8, 4) is 0 Å². The first-order valence-corrected chi connectivity index (χ1v) is 7.80. The predicted molar refractivity (Wildman–Crippen MR) is 68.4 cm³/mol. The highest BCUT2D eigenvalue weighted by atomic mass is 32.2. The Morgan fingerprint density at radius 1 is 1.50 bits per heavy atom. The molecule has 0 radical (unpaired) electrons. The molecule has 1 heterocycles. The zero-order valence-corrected chi connectivity index (χ0v) is 11.6. The van der Waals surface area contributed by atoms with E-state index < -0.39 is 28.6 Å². The Kier molecular flexibility index (Phi) is 4.41. The van der Waals surface area contributed by atoms with Crippen LogP contribution in [0.3, 0.4) is 0 Å². The van der Waals surface area contributed by atoms with Crippen LogP contribution in [0.15, 0.2) is 17.3 Å². The first-order valence-electron chi connectivity index (χ1n) is 6.31. The maximum absolute atomic E-state index is 12.1. The summed E-state index contributed by atoms with van der Waals surface area (Å²) in [5.74, 6) is -1.10. The Labute approximate surface area is 116 Å². The van der Waals surface area contributed by atoms with Crippen LogP contribution in [0.1, 0.15) is 25.7 Å². The number of aromatic nitrogens is 2. The molecule has 1 aromatic rings. The van der Waals surface area contributed by atoms with Crippen LogP contribution in [-0.4, -0.2) is 46.5 Å². The number of carboxylic acids is 1. The normalized spacial score (nSPS) is 23.6. The summed E-state index contributed by atoms with van der Waals surface area (Å²) in [6.07, 6.45) is 4.34. The van der Waals surface area contributed by atoms with Crippen LogP contribution in [0.2, 0.25) is 0 Å². The van der Waals surface area contributed by atoms with Gasteiger partial charge in [-0.2, -0.15) is 5.10 Å². The number of carbonyl (C=O) groups is 1. The average Bonchev–Trinajstić information content (AvgIpc) is 2.76. The molecule has 9 heteroatoms. The number of nitrogens with zero attached hydrogens (tertiary/aromatic N) is 2. The van der Waals surface area contributed by atoms with Crippen LogP contribution in [-0.2, 0) is 21.4 Å². The van der Waals surface area contributed by atoms with E-state index in [1.165, 1.54) is 6.20 Å². The second-order valence-corrected chi connectivity index (χ2v) is 6.62. The third-order valence-electron chi connectivity index (χ3n) is 3.19. The van der Waals surface area contributed by atoms with Gasteiger partial charge < -0.3 is 10.2 Å². The van der Waals surface area contributed by atoms with Gasteiger partial charge in [0.2, 0.25) is 10.0 Å².